The van der Waals surface area contributed by atoms with E-state index in [2.05, 4.69) is 10.0 Å². The predicted molar refractivity (Wildman–Crippen MR) is 104 cm³/mol. The van der Waals surface area contributed by atoms with Gasteiger partial charge in [-0.15, -0.1) is 0 Å². The van der Waals surface area contributed by atoms with Crippen molar-refractivity contribution in [2.75, 3.05) is 16.6 Å². The highest BCUT2D eigenvalue weighted by Crippen LogP contribution is 2.43. The van der Waals surface area contributed by atoms with Crippen LogP contribution in [0.5, 0.6) is 0 Å². The minimum Gasteiger partial charge on any atom is -0.380 e. The summed E-state index contributed by atoms with van der Waals surface area (Å²) < 4.78 is 33.4. The molecular weight excluding hydrogens is 348 g/mol. The number of nitrogens with one attached hydrogen (secondary N) is 2. The van der Waals surface area contributed by atoms with Gasteiger partial charge in [0.15, 0.2) is 0 Å². The maximum Gasteiger partial charge on any atom is 0.236 e. The lowest BCUT2D eigenvalue weighted by atomic mass is 9.77. The first-order chi connectivity index (χ1) is 12.5. The highest BCUT2D eigenvalue weighted by Gasteiger charge is 2.44. The fourth-order valence-corrected chi connectivity index (χ4v) is 4.96. The molecule has 1 saturated heterocycles. The Morgan fingerprint density at radius 2 is 1.81 bits per heavy atom. The molecule has 1 unspecified atom stereocenters. The van der Waals surface area contributed by atoms with Crippen molar-refractivity contribution in [2.45, 2.75) is 43.1 Å². The molecule has 2 fully saturated rings. The number of rotatable bonds is 6. The van der Waals surface area contributed by atoms with E-state index >= 15 is 0 Å². The smallest absolute Gasteiger partial charge is 0.236 e. The van der Waals surface area contributed by atoms with Gasteiger partial charge in [0, 0.05) is 5.69 Å². The Balaban J connectivity index is 1.39. The Bertz CT molecular complexity index is 864. The number of anilines is 2. The maximum atomic E-state index is 12.4. The summed E-state index contributed by atoms with van der Waals surface area (Å²) in [4.78, 5) is 0. The molecule has 2 aromatic carbocycles. The standard InChI is InChI=1S/C20H24N2O3S/c23-26(24,15-16-6-2-1-3-7-16)22-18-9-4-8-17(12-18)21-19-13-20(25-14-19)10-5-11-20/h1-4,6-9,12,19,21-22H,5,10-11,13-15H2. The lowest BCUT2D eigenvalue weighted by molar-refractivity contribution is -0.0562. The molecule has 2 aliphatic rings. The van der Waals surface area contributed by atoms with Crippen molar-refractivity contribution in [2.24, 2.45) is 0 Å². The van der Waals surface area contributed by atoms with Crippen molar-refractivity contribution in [3.63, 3.8) is 0 Å². The Morgan fingerprint density at radius 1 is 1.04 bits per heavy atom. The summed E-state index contributed by atoms with van der Waals surface area (Å²) in [5, 5.41) is 3.48. The molecule has 0 aromatic heterocycles. The minimum atomic E-state index is -3.45. The number of ether oxygens (including phenoxy) is 1. The Kier molecular flexibility index (Phi) is 4.63. The van der Waals surface area contributed by atoms with Gasteiger partial charge in [0.25, 0.3) is 0 Å². The first-order valence-electron chi connectivity index (χ1n) is 9.07. The van der Waals surface area contributed by atoms with E-state index in [0.717, 1.165) is 30.5 Å². The topological polar surface area (TPSA) is 67.4 Å². The largest absolute Gasteiger partial charge is 0.380 e. The van der Waals surface area contributed by atoms with Gasteiger partial charge in [0.05, 0.1) is 29.7 Å². The molecule has 1 aliphatic carbocycles. The van der Waals surface area contributed by atoms with Gasteiger partial charge in [-0.2, -0.15) is 0 Å². The summed E-state index contributed by atoms with van der Waals surface area (Å²) in [5.74, 6) is -0.0372. The molecular formula is C20H24N2O3S. The highest BCUT2D eigenvalue weighted by molar-refractivity contribution is 7.91. The van der Waals surface area contributed by atoms with Crippen LogP contribution < -0.4 is 10.0 Å². The van der Waals surface area contributed by atoms with Crippen molar-refractivity contribution in [3.05, 3.63) is 60.2 Å². The van der Waals surface area contributed by atoms with Gasteiger partial charge < -0.3 is 10.1 Å². The monoisotopic (exact) mass is 372 g/mol. The minimum absolute atomic E-state index is 0.0372. The molecule has 1 spiro atoms. The molecule has 2 N–H and O–H groups in total. The van der Waals surface area contributed by atoms with E-state index in [9.17, 15) is 8.42 Å². The average molecular weight is 372 g/mol. The fourth-order valence-electron chi connectivity index (χ4n) is 3.77. The van der Waals surface area contributed by atoms with E-state index in [1.165, 1.54) is 6.42 Å². The zero-order valence-corrected chi connectivity index (χ0v) is 15.5. The quantitative estimate of drug-likeness (QED) is 0.810. The third-order valence-corrected chi connectivity index (χ3v) is 6.44. The van der Waals surface area contributed by atoms with Crippen molar-refractivity contribution in [1.82, 2.24) is 0 Å². The molecule has 1 aliphatic heterocycles. The third-order valence-electron chi connectivity index (χ3n) is 5.18. The number of sulfonamides is 1. The first kappa shape index (κ1) is 17.4. The van der Waals surface area contributed by atoms with E-state index in [1.807, 2.05) is 48.5 Å². The molecule has 138 valence electrons. The zero-order valence-electron chi connectivity index (χ0n) is 14.6. The summed E-state index contributed by atoms with van der Waals surface area (Å²) in [6.45, 7) is 0.712. The summed E-state index contributed by atoms with van der Waals surface area (Å²) >= 11 is 0. The third kappa shape index (κ3) is 4.02. The van der Waals surface area contributed by atoms with Crippen LogP contribution in [0, 0.1) is 0 Å². The molecule has 1 saturated carbocycles. The van der Waals surface area contributed by atoms with Crippen LogP contribution in [0.15, 0.2) is 54.6 Å². The van der Waals surface area contributed by atoms with Gasteiger partial charge in [0.2, 0.25) is 10.0 Å². The van der Waals surface area contributed by atoms with E-state index in [4.69, 9.17) is 4.74 Å². The van der Waals surface area contributed by atoms with Crippen LogP contribution in [0.4, 0.5) is 11.4 Å². The van der Waals surface area contributed by atoms with Gasteiger partial charge in [-0.25, -0.2) is 8.42 Å². The molecule has 0 bridgehead atoms. The maximum absolute atomic E-state index is 12.4. The number of benzene rings is 2. The zero-order chi connectivity index (χ0) is 18.0. The number of hydrogen-bond donors (Lipinski definition) is 2. The van der Waals surface area contributed by atoms with Crippen LogP contribution >= 0.6 is 0 Å². The first-order valence-corrected chi connectivity index (χ1v) is 10.7. The molecule has 6 heteroatoms. The molecule has 2 aromatic rings. The van der Waals surface area contributed by atoms with Crippen molar-refractivity contribution >= 4 is 21.4 Å². The van der Waals surface area contributed by atoms with Crippen LogP contribution in [0.1, 0.15) is 31.2 Å². The predicted octanol–water partition coefficient (Wildman–Crippen LogP) is 3.75. The van der Waals surface area contributed by atoms with E-state index < -0.39 is 10.0 Å². The van der Waals surface area contributed by atoms with Crippen molar-refractivity contribution in [3.8, 4) is 0 Å². The Labute approximate surface area is 154 Å². The molecule has 1 heterocycles. The van der Waals surface area contributed by atoms with Gasteiger partial charge in [-0.05, 0) is 49.4 Å². The molecule has 0 amide bonds. The fraction of sp³-hybridized carbons (Fsp3) is 0.400. The second kappa shape index (κ2) is 6.93. The molecule has 5 nitrogen and oxygen atoms in total. The van der Waals surface area contributed by atoms with E-state index in [1.54, 1.807) is 6.07 Å². The number of hydrogen-bond acceptors (Lipinski definition) is 4. The molecule has 1 atom stereocenters. The van der Waals surface area contributed by atoms with E-state index in [0.29, 0.717) is 12.3 Å². The van der Waals surface area contributed by atoms with Crippen LogP contribution in [0.3, 0.4) is 0 Å². The lowest BCUT2D eigenvalue weighted by Crippen LogP contribution is -2.36. The van der Waals surface area contributed by atoms with Crippen molar-refractivity contribution in [1.29, 1.82) is 0 Å². The van der Waals surface area contributed by atoms with Crippen LogP contribution in [-0.4, -0.2) is 26.7 Å². The van der Waals surface area contributed by atoms with Crippen molar-refractivity contribution < 1.29 is 13.2 Å². The highest BCUT2D eigenvalue weighted by atomic mass is 32.2. The van der Waals surface area contributed by atoms with Gasteiger partial charge in [0.1, 0.15) is 0 Å². The van der Waals surface area contributed by atoms with Gasteiger partial charge in [-0.3, -0.25) is 4.72 Å². The Morgan fingerprint density at radius 3 is 2.50 bits per heavy atom. The summed E-state index contributed by atoms with van der Waals surface area (Å²) in [6.07, 6.45) is 4.59. The van der Waals surface area contributed by atoms with Gasteiger partial charge >= 0.3 is 0 Å². The summed E-state index contributed by atoms with van der Waals surface area (Å²) in [6, 6.07) is 16.9. The second-order valence-corrected chi connectivity index (χ2v) is 9.04. The normalized spacial score (nSPS) is 21.3. The van der Waals surface area contributed by atoms with Crippen LogP contribution in [-0.2, 0) is 20.5 Å². The van der Waals surface area contributed by atoms with Crippen LogP contribution in [0.2, 0.25) is 0 Å². The Hall–Kier alpha value is -2.05. The van der Waals surface area contributed by atoms with E-state index in [-0.39, 0.29) is 17.4 Å². The molecule has 26 heavy (non-hydrogen) atoms. The lowest BCUT2D eigenvalue weighted by Gasteiger charge is -2.37. The second-order valence-electron chi connectivity index (χ2n) is 7.32. The summed E-state index contributed by atoms with van der Waals surface area (Å²) in [7, 11) is -3.45. The van der Waals surface area contributed by atoms with Crippen LogP contribution in [0.25, 0.3) is 0 Å². The molecule has 0 radical (unpaired) electrons. The van der Waals surface area contributed by atoms with Gasteiger partial charge in [-0.1, -0.05) is 36.4 Å². The summed E-state index contributed by atoms with van der Waals surface area (Å²) in [5.41, 5.74) is 2.35. The average Bonchev–Trinajstić information content (AvgIpc) is 3.00. The molecule has 4 rings (SSSR count). The SMILES string of the molecule is O=S(=O)(Cc1ccccc1)Nc1cccc(NC2COC3(CCC3)C2)c1.